The van der Waals surface area contributed by atoms with Crippen LogP contribution in [-0.4, -0.2) is 47.8 Å². The normalized spacial score (nSPS) is 17.4. The Bertz CT molecular complexity index is 838. The minimum absolute atomic E-state index is 0.0318. The highest BCUT2D eigenvalue weighted by atomic mass is 16.5. The van der Waals surface area contributed by atoms with Gasteiger partial charge in [0.1, 0.15) is 12.4 Å². The molecule has 2 aliphatic rings. The first-order valence-electron chi connectivity index (χ1n) is 10.6. The molecule has 2 aromatic rings. The third-order valence-corrected chi connectivity index (χ3v) is 5.93. The van der Waals surface area contributed by atoms with Crippen LogP contribution in [0, 0.1) is 5.92 Å². The number of rotatable bonds is 5. The van der Waals surface area contributed by atoms with Gasteiger partial charge >= 0.3 is 0 Å². The Kier molecular flexibility index (Phi) is 6.13. The van der Waals surface area contributed by atoms with Crippen molar-refractivity contribution in [3.63, 3.8) is 0 Å². The molecule has 5 heteroatoms. The van der Waals surface area contributed by atoms with E-state index in [1.807, 2.05) is 64.4 Å². The van der Waals surface area contributed by atoms with E-state index in [1.54, 1.807) is 0 Å². The molecule has 0 radical (unpaired) electrons. The Morgan fingerprint density at radius 2 is 1.48 bits per heavy atom. The summed E-state index contributed by atoms with van der Waals surface area (Å²) in [5.41, 5.74) is 1.57. The first-order valence-corrected chi connectivity index (χ1v) is 10.6. The van der Waals surface area contributed by atoms with Crippen LogP contribution in [0.1, 0.15) is 41.6 Å². The van der Waals surface area contributed by atoms with Crippen molar-refractivity contribution in [1.29, 1.82) is 0 Å². The molecule has 2 fully saturated rings. The maximum Gasteiger partial charge on any atom is 0.254 e. The van der Waals surface area contributed by atoms with Gasteiger partial charge in [0, 0.05) is 43.2 Å². The molecule has 0 aromatic heterocycles. The second kappa shape index (κ2) is 9.12. The number of ether oxygens (including phenoxy) is 1. The van der Waals surface area contributed by atoms with E-state index in [0.717, 1.165) is 50.1 Å². The van der Waals surface area contributed by atoms with E-state index in [4.69, 9.17) is 4.74 Å². The minimum atomic E-state index is 0.0318. The Balaban J connectivity index is 1.37. The fourth-order valence-corrected chi connectivity index (χ4v) is 4.23. The van der Waals surface area contributed by atoms with Gasteiger partial charge in [0.25, 0.3) is 5.91 Å². The summed E-state index contributed by atoms with van der Waals surface area (Å²) in [5.74, 6) is 1.17. The van der Waals surface area contributed by atoms with E-state index in [9.17, 15) is 9.59 Å². The zero-order chi connectivity index (χ0) is 20.1. The topological polar surface area (TPSA) is 49.9 Å². The molecule has 0 bridgehead atoms. The Hall–Kier alpha value is -2.82. The molecular weight excluding hydrogens is 364 g/mol. The number of likely N-dealkylation sites (tertiary alicyclic amines) is 2. The van der Waals surface area contributed by atoms with Crippen molar-refractivity contribution in [3.05, 3.63) is 65.7 Å². The highest BCUT2D eigenvalue weighted by molar-refractivity contribution is 5.96. The van der Waals surface area contributed by atoms with Gasteiger partial charge in [-0.15, -0.1) is 0 Å². The van der Waals surface area contributed by atoms with Gasteiger partial charge in [-0.25, -0.2) is 0 Å². The van der Waals surface area contributed by atoms with Crippen molar-refractivity contribution in [2.45, 2.75) is 32.3 Å². The van der Waals surface area contributed by atoms with Crippen LogP contribution < -0.4 is 4.74 Å². The maximum atomic E-state index is 13.1. The first kappa shape index (κ1) is 19.5. The Labute approximate surface area is 172 Å². The van der Waals surface area contributed by atoms with Crippen LogP contribution in [0.2, 0.25) is 0 Å². The highest BCUT2D eigenvalue weighted by Crippen LogP contribution is 2.24. The predicted molar refractivity (Wildman–Crippen MR) is 112 cm³/mol. The summed E-state index contributed by atoms with van der Waals surface area (Å²) < 4.78 is 5.85. The van der Waals surface area contributed by atoms with Gasteiger partial charge in [-0.2, -0.15) is 0 Å². The Morgan fingerprint density at radius 1 is 0.828 bits per heavy atom. The standard InChI is InChI=1S/C24H28N2O3/c27-23(25-14-6-7-15-25)19-12-16-26(17-13-19)24(28)22-11-5-4-8-20(22)18-29-21-9-2-1-3-10-21/h1-5,8-11,19H,6-7,12-18H2. The predicted octanol–water partition coefficient (Wildman–Crippen LogP) is 3.74. The van der Waals surface area contributed by atoms with E-state index in [2.05, 4.69) is 0 Å². The van der Waals surface area contributed by atoms with E-state index in [0.29, 0.717) is 25.3 Å². The van der Waals surface area contributed by atoms with Crippen LogP contribution in [0.25, 0.3) is 0 Å². The first-order chi connectivity index (χ1) is 14.2. The number of para-hydroxylation sites is 1. The summed E-state index contributed by atoms with van der Waals surface area (Å²) in [6.07, 6.45) is 3.74. The van der Waals surface area contributed by atoms with Crippen LogP contribution in [0.15, 0.2) is 54.6 Å². The molecule has 2 heterocycles. The van der Waals surface area contributed by atoms with Gasteiger partial charge in [-0.1, -0.05) is 36.4 Å². The monoisotopic (exact) mass is 392 g/mol. The fourth-order valence-electron chi connectivity index (χ4n) is 4.23. The third kappa shape index (κ3) is 4.61. The molecule has 152 valence electrons. The molecule has 5 nitrogen and oxygen atoms in total. The number of hydrogen-bond donors (Lipinski definition) is 0. The zero-order valence-corrected chi connectivity index (χ0v) is 16.8. The lowest BCUT2D eigenvalue weighted by atomic mass is 9.94. The van der Waals surface area contributed by atoms with Crippen molar-refractivity contribution in [3.8, 4) is 5.75 Å². The van der Waals surface area contributed by atoms with Crippen molar-refractivity contribution in [2.24, 2.45) is 5.92 Å². The van der Waals surface area contributed by atoms with E-state index < -0.39 is 0 Å². The van der Waals surface area contributed by atoms with Crippen LogP contribution in [0.5, 0.6) is 5.75 Å². The van der Waals surface area contributed by atoms with Gasteiger partial charge < -0.3 is 14.5 Å². The Morgan fingerprint density at radius 3 is 2.21 bits per heavy atom. The molecule has 2 saturated heterocycles. The lowest BCUT2D eigenvalue weighted by Gasteiger charge is -2.33. The molecule has 0 saturated carbocycles. The number of carbonyl (C=O) groups excluding carboxylic acids is 2. The van der Waals surface area contributed by atoms with E-state index >= 15 is 0 Å². The molecule has 29 heavy (non-hydrogen) atoms. The molecule has 0 atom stereocenters. The lowest BCUT2D eigenvalue weighted by molar-refractivity contribution is -0.135. The molecule has 2 aromatic carbocycles. The second-order valence-electron chi connectivity index (χ2n) is 7.86. The molecule has 2 aliphatic heterocycles. The average molecular weight is 392 g/mol. The average Bonchev–Trinajstić information content (AvgIpc) is 3.33. The summed E-state index contributed by atoms with van der Waals surface area (Å²) in [5, 5.41) is 0. The third-order valence-electron chi connectivity index (χ3n) is 5.93. The summed E-state index contributed by atoms with van der Waals surface area (Å²) in [7, 11) is 0. The number of hydrogen-bond acceptors (Lipinski definition) is 3. The van der Waals surface area contributed by atoms with Gasteiger partial charge in [-0.05, 0) is 43.9 Å². The summed E-state index contributed by atoms with van der Waals surface area (Å²) in [6, 6.07) is 17.3. The van der Waals surface area contributed by atoms with E-state index in [-0.39, 0.29) is 17.7 Å². The fraction of sp³-hybridized carbons (Fsp3) is 0.417. The minimum Gasteiger partial charge on any atom is -0.489 e. The van der Waals surface area contributed by atoms with Crippen molar-refractivity contribution in [2.75, 3.05) is 26.2 Å². The second-order valence-corrected chi connectivity index (χ2v) is 7.86. The van der Waals surface area contributed by atoms with E-state index in [1.165, 1.54) is 0 Å². The molecule has 0 N–H and O–H groups in total. The van der Waals surface area contributed by atoms with Crippen molar-refractivity contribution in [1.82, 2.24) is 9.80 Å². The molecule has 0 unspecified atom stereocenters. The smallest absolute Gasteiger partial charge is 0.254 e. The maximum absolute atomic E-state index is 13.1. The molecule has 0 aliphatic carbocycles. The molecule has 4 rings (SSSR count). The quantitative estimate of drug-likeness (QED) is 0.779. The van der Waals surface area contributed by atoms with Crippen LogP contribution in [0.3, 0.4) is 0 Å². The van der Waals surface area contributed by atoms with Gasteiger partial charge in [0.2, 0.25) is 5.91 Å². The summed E-state index contributed by atoms with van der Waals surface area (Å²) in [4.78, 5) is 29.6. The molecule has 2 amide bonds. The number of nitrogens with zero attached hydrogens (tertiary/aromatic N) is 2. The number of amides is 2. The molecular formula is C24H28N2O3. The summed E-state index contributed by atoms with van der Waals surface area (Å²) in [6.45, 7) is 3.42. The van der Waals surface area contributed by atoms with Gasteiger partial charge in [-0.3, -0.25) is 9.59 Å². The van der Waals surface area contributed by atoms with Crippen LogP contribution >= 0.6 is 0 Å². The molecule has 0 spiro atoms. The largest absolute Gasteiger partial charge is 0.489 e. The van der Waals surface area contributed by atoms with Crippen molar-refractivity contribution >= 4 is 11.8 Å². The van der Waals surface area contributed by atoms with Crippen LogP contribution in [-0.2, 0) is 11.4 Å². The van der Waals surface area contributed by atoms with Crippen LogP contribution in [0.4, 0.5) is 0 Å². The van der Waals surface area contributed by atoms with Crippen molar-refractivity contribution < 1.29 is 14.3 Å². The number of benzene rings is 2. The lowest BCUT2D eigenvalue weighted by Crippen LogP contribution is -2.44. The number of carbonyl (C=O) groups is 2. The zero-order valence-electron chi connectivity index (χ0n) is 16.8. The van der Waals surface area contributed by atoms with Gasteiger partial charge in [0.15, 0.2) is 0 Å². The SMILES string of the molecule is O=C(c1ccccc1COc1ccccc1)N1CCC(C(=O)N2CCCC2)CC1. The van der Waals surface area contributed by atoms with Gasteiger partial charge in [0.05, 0.1) is 0 Å². The number of piperidine rings is 1. The highest BCUT2D eigenvalue weighted by Gasteiger charge is 2.31. The summed E-state index contributed by atoms with van der Waals surface area (Å²) >= 11 is 0.